The van der Waals surface area contributed by atoms with Crippen molar-refractivity contribution in [3.8, 4) is 17.2 Å². The summed E-state index contributed by atoms with van der Waals surface area (Å²) < 4.78 is 16.6. The van der Waals surface area contributed by atoms with Crippen molar-refractivity contribution in [1.82, 2.24) is 0 Å². The van der Waals surface area contributed by atoms with E-state index < -0.39 is 17.7 Å². The molecule has 7 heteroatoms. The monoisotopic (exact) mass is 471 g/mol. The highest BCUT2D eigenvalue weighted by molar-refractivity contribution is 6.51. The molecule has 1 fully saturated rings. The van der Waals surface area contributed by atoms with E-state index in [-0.39, 0.29) is 24.2 Å². The average molecular weight is 472 g/mol. The highest BCUT2D eigenvalue weighted by atomic mass is 16.7. The first kappa shape index (κ1) is 22.5. The molecular weight excluding hydrogens is 446 g/mol. The maximum Gasteiger partial charge on any atom is 0.300 e. The molecular formula is C28H25NO6. The fraction of sp³-hybridized carbons (Fsp3) is 0.214. The molecule has 7 nitrogen and oxygen atoms in total. The molecule has 0 aromatic heterocycles. The Kier molecular flexibility index (Phi) is 5.68. The van der Waals surface area contributed by atoms with E-state index in [0.29, 0.717) is 34.1 Å². The van der Waals surface area contributed by atoms with Crippen LogP contribution in [0, 0.1) is 6.92 Å². The van der Waals surface area contributed by atoms with Gasteiger partial charge in [0, 0.05) is 17.3 Å². The molecule has 5 rings (SSSR count). The molecule has 1 saturated heterocycles. The molecule has 0 bridgehead atoms. The van der Waals surface area contributed by atoms with Crippen molar-refractivity contribution in [2.24, 2.45) is 0 Å². The van der Waals surface area contributed by atoms with Crippen LogP contribution in [0.2, 0.25) is 0 Å². The van der Waals surface area contributed by atoms with Crippen LogP contribution >= 0.6 is 0 Å². The number of hydrogen-bond acceptors (Lipinski definition) is 6. The first-order valence-electron chi connectivity index (χ1n) is 11.4. The van der Waals surface area contributed by atoms with Gasteiger partial charge in [0.25, 0.3) is 11.7 Å². The number of ketones is 1. The van der Waals surface area contributed by atoms with Gasteiger partial charge in [-0.05, 0) is 50.6 Å². The van der Waals surface area contributed by atoms with E-state index in [4.69, 9.17) is 14.2 Å². The maximum absolute atomic E-state index is 13.4. The Morgan fingerprint density at radius 1 is 1.00 bits per heavy atom. The second kappa shape index (κ2) is 8.83. The number of hydrogen-bond donors (Lipinski definition) is 1. The van der Waals surface area contributed by atoms with Gasteiger partial charge in [0.15, 0.2) is 11.5 Å². The quantitative estimate of drug-likeness (QED) is 0.315. The molecule has 0 aliphatic carbocycles. The molecule has 2 heterocycles. The standard InChI is InChI=1S/C28H25NO6/c1-16(2)35-21-9-5-8-19(13-21)26(30)24-25(18-7-4-6-17(3)12-18)29(28(32)27(24)31)20-10-11-22-23(14-20)34-15-33-22/h4-14,16,25,30H,15H2,1-3H3/b26-24+. The molecule has 0 radical (unpaired) electrons. The molecule has 1 N–H and O–H groups in total. The molecule has 2 aliphatic heterocycles. The van der Waals surface area contributed by atoms with Gasteiger partial charge in [0.05, 0.1) is 17.7 Å². The number of benzene rings is 3. The minimum Gasteiger partial charge on any atom is -0.507 e. The summed E-state index contributed by atoms with van der Waals surface area (Å²) >= 11 is 0. The van der Waals surface area contributed by atoms with Crippen LogP contribution in [0.3, 0.4) is 0 Å². The van der Waals surface area contributed by atoms with Crippen LogP contribution in [-0.2, 0) is 9.59 Å². The molecule has 1 amide bonds. The zero-order chi connectivity index (χ0) is 24.7. The van der Waals surface area contributed by atoms with E-state index in [9.17, 15) is 14.7 Å². The fourth-order valence-electron chi connectivity index (χ4n) is 4.43. The third-order valence-corrected chi connectivity index (χ3v) is 5.92. The first-order valence-corrected chi connectivity index (χ1v) is 11.4. The van der Waals surface area contributed by atoms with Gasteiger partial charge in [-0.3, -0.25) is 14.5 Å². The minimum atomic E-state index is -0.829. The van der Waals surface area contributed by atoms with Crippen molar-refractivity contribution in [3.05, 3.63) is 89.0 Å². The van der Waals surface area contributed by atoms with E-state index in [1.807, 2.05) is 45.0 Å². The summed E-state index contributed by atoms with van der Waals surface area (Å²) in [6.45, 7) is 5.83. The molecule has 178 valence electrons. The summed E-state index contributed by atoms with van der Waals surface area (Å²) in [4.78, 5) is 28.1. The van der Waals surface area contributed by atoms with Crippen molar-refractivity contribution in [3.63, 3.8) is 0 Å². The summed E-state index contributed by atoms with van der Waals surface area (Å²) in [5.41, 5.74) is 2.55. The predicted octanol–water partition coefficient (Wildman–Crippen LogP) is 5.14. The summed E-state index contributed by atoms with van der Waals surface area (Å²) in [7, 11) is 0. The Morgan fingerprint density at radius 2 is 1.77 bits per heavy atom. The van der Waals surface area contributed by atoms with E-state index >= 15 is 0 Å². The van der Waals surface area contributed by atoms with Crippen molar-refractivity contribution >= 4 is 23.1 Å². The summed E-state index contributed by atoms with van der Waals surface area (Å²) in [6.07, 6.45) is -0.0590. The number of fused-ring (bicyclic) bond motifs is 1. The van der Waals surface area contributed by atoms with Crippen molar-refractivity contribution in [1.29, 1.82) is 0 Å². The molecule has 35 heavy (non-hydrogen) atoms. The number of aliphatic hydroxyl groups is 1. The van der Waals surface area contributed by atoms with Crippen LogP contribution in [0.4, 0.5) is 5.69 Å². The van der Waals surface area contributed by atoms with Gasteiger partial charge in [-0.1, -0.05) is 42.0 Å². The Balaban J connectivity index is 1.68. The number of amides is 1. The third kappa shape index (κ3) is 4.10. The Labute approximate surface area is 203 Å². The number of rotatable bonds is 5. The maximum atomic E-state index is 13.4. The van der Waals surface area contributed by atoms with E-state index in [1.54, 1.807) is 42.5 Å². The summed E-state index contributed by atoms with van der Waals surface area (Å²) in [6, 6.07) is 18.7. The van der Waals surface area contributed by atoms with Gasteiger partial charge in [0.2, 0.25) is 6.79 Å². The van der Waals surface area contributed by atoms with E-state index in [2.05, 4.69) is 0 Å². The molecule has 3 aromatic rings. The van der Waals surface area contributed by atoms with E-state index in [0.717, 1.165) is 5.56 Å². The predicted molar refractivity (Wildman–Crippen MR) is 131 cm³/mol. The number of carbonyl (C=O) groups is 2. The Bertz CT molecular complexity index is 1360. The average Bonchev–Trinajstić information content (AvgIpc) is 3.40. The number of nitrogens with zero attached hydrogens (tertiary/aromatic N) is 1. The smallest absolute Gasteiger partial charge is 0.300 e. The van der Waals surface area contributed by atoms with Crippen molar-refractivity contribution in [2.75, 3.05) is 11.7 Å². The van der Waals surface area contributed by atoms with E-state index in [1.165, 1.54) is 4.90 Å². The molecule has 0 spiro atoms. The zero-order valence-electron chi connectivity index (χ0n) is 19.6. The Hall–Kier alpha value is -4.26. The van der Waals surface area contributed by atoms with Crippen LogP contribution in [0.25, 0.3) is 5.76 Å². The summed E-state index contributed by atoms with van der Waals surface area (Å²) in [5, 5.41) is 11.4. The second-order valence-electron chi connectivity index (χ2n) is 8.82. The van der Waals surface area contributed by atoms with Crippen LogP contribution in [0.5, 0.6) is 17.2 Å². The van der Waals surface area contributed by atoms with Crippen molar-refractivity contribution < 1.29 is 28.9 Å². The third-order valence-electron chi connectivity index (χ3n) is 5.92. The second-order valence-corrected chi connectivity index (χ2v) is 8.82. The van der Waals surface area contributed by atoms with Gasteiger partial charge in [0.1, 0.15) is 11.5 Å². The Morgan fingerprint density at radius 3 is 2.54 bits per heavy atom. The van der Waals surface area contributed by atoms with Crippen molar-refractivity contribution in [2.45, 2.75) is 32.9 Å². The highest BCUT2D eigenvalue weighted by Crippen LogP contribution is 2.45. The van der Waals surface area contributed by atoms with Gasteiger partial charge >= 0.3 is 0 Å². The molecule has 2 aliphatic rings. The lowest BCUT2D eigenvalue weighted by Gasteiger charge is -2.26. The number of aryl methyl sites for hydroxylation is 1. The van der Waals surface area contributed by atoms with Gasteiger partial charge in [-0.25, -0.2) is 0 Å². The lowest BCUT2D eigenvalue weighted by Crippen LogP contribution is -2.29. The zero-order valence-corrected chi connectivity index (χ0v) is 19.6. The number of Topliss-reactive ketones (excluding diaryl/α,β-unsaturated/α-hetero) is 1. The summed E-state index contributed by atoms with van der Waals surface area (Å²) in [5.74, 6) is -0.132. The molecule has 0 saturated carbocycles. The molecule has 3 aromatic carbocycles. The van der Waals surface area contributed by atoms with Gasteiger partial charge < -0.3 is 19.3 Å². The SMILES string of the molecule is Cc1cccc(C2/C(=C(\O)c3cccc(OC(C)C)c3)C(=O)C(=O)N2c2ccc3c(c2)OCO3)c1. The lowest BCUT2D eigenvalue weighted by atomic mass is 9.94. The number of aliphatic hydroxyl groups excluding tert-OH is 1. The number of anilines is 1. The van der Waals surface area contributed by atoms with Crippen LogP contribution in [-0.4, -0.2) is 29.7 Å². The number of carbonyl (C=O) groups excluding carboxylic acids is 2. The van der Waals surface area contributed by atoms with Crippen LogP contribution in [0.15, 0.2) is 72.3 Å². The van der Waals surface area contributed by atoms with Gasteiger partial charge in [-0.15, -0.1) is 0 Å². The number of ether oxygens (including phenoxy) is 3. The highest BCUT2D eigenvalue weighted by Gasteiger charge is 2.47. The normalized spacial score (nSPS) is 18.4. The topological polar surface area (TPSA) is 85.3 Å². The molecule has 1 atom stereocenters. The van der Waals surface area contributed by atoms with Crippen LogP contribution in [0.1, 0.15) is 36.6 Å². The van der Waals surface area contributed by atoms with Crippen LogP contribution < -0.4 is 19.1 Å². The molecule has 1 unspecified atom stereocenters. The fourth-order valence-corrected chi connectivity index (χ4v) is 4.43. The first-order chi connectivity index (χ1) is 16.8. The largest absolute Gasteiger partial charge is 0.507 e. The minimum absolute atomic E-state index is 0.0139. The lowest BCUT2D eigenvalue weighted by molar-refractivity contribution is -0.132. The van der Waals surface area contributed by atoms with Gasteiger partial charge in [-0.2, -0.15) is 0 Å².